The van der Waals surface area contributed by atoms with Crippen molar-refractivity contribution in [2.24, 2.45) is 0 Å². The van der Waals surface area contributed by atoms with E-state index in [-0.39, 0.29) is 18.4 Å². The van der Waals surface area contributed by atoms with Gasteiger partial charge in [-0.25, -0.2) is 0 Å². The Morgan fingerprint density at radius 1 is 1.39 bits per heavy atom. The molecule has 0 spiro atoms. The highest BCUT2D eigenvalue weighted by Crippen LogP contribution is 2.22. The van der Waals surface area contributed by atoms with Crippen molar-refractivity contribution in [1.29, 1.82) is 0 Å². The van der Waals surface area contributed by atoms with Crippen molar-refractivity contribution >= 4 is 39.3 Å². The fourth-order valence-corrected chi connectivity index (χ4v) is 2.32. The number of piperazine rings is 1. The first kappa shape index (κ1) is 13.4. The van der Waals surface area contributed by atoms with Gasteiger partial charge in [0.2, 0.25) is 5.91 Å². The summed E-state index contributed by atoms with van der Waals surface area (Å²) in [5, 5.41) is 0.398. The summed E-state index contributed by atoms with van der Waals surface area (Å²) in [4.78, 5) is 27.0. The molecule has 1 saturated heterocycles. The molecule has 2 amide bonds. The number of carbonyl (C=O) groups excluding carboxylic acids is 2. The summed E-state index contributed by atoms with van der Waals surface area (Å²) in [6.45, 7) is 1.19. The summed E-state index contributed by atoms with van der Waals surface area (Å²) in [5.74, 6) is -0.261. The number of hydrogen-bond donors (Lipinski definition) is 0. The SMILES string of the molecule is CN1CCN(C(=O)c2cc(Br)ccc2Cl)CC1=O. The van der Waals surface area contributed by atoms with Crippen LogP contribution in [0.3, 0.4) is 0 Å². The lowest BCUT2D eigenvalue weighted by Gasteiger charge is -2.32. The predicted molar refractivity (Wildman–Crippen MR) is 72.7 cm³/mol. The minimum atomic E-state index is -0.206. The van der Waals surface area contributed by atoms with E-state index in [1.165, 1.54) is 4.90 Å². The van der Waals surface area contributed by atoms with Gasteiger partial charge in [0.1, 0.15) is 6.54 Å². The summed E-state index contributed by atoms with van der Waals surface area (Å²) < 4.78 is 0.788. The molecule has 1 heterocycles. The van der Waals surface area contributed by atoms with Gasteiger partial charge in [-0.2, -0.15) is 0 Å². The van der Waals surface area contributed by atoms with Gasteiger partial charge in [0.05, 0.1) is 10.6 Å². The molecule has 0 aliphatic carbocycles. The number of halogens is 2. The Kier molecular flexibility index (Phi) is 3.92. The van der Waals surface area contributed by atoms with Crippen LogP contribution >= 0.6 is 27.5 Å². The lowest BCUT2D eigenvalue weighted by Crippen LogP contribution is -2.50. The van der Waals surface area contributed by atoms with Crippen LogP contribution in [0.15, 0.2) is 22.7 Å². The van der Waals surface area contributed by atoms with Crippen molar-refractivity contribution < 1.29 is 9.59 Å². The number of amides is 2. The van der Waals surface area contributed by atoms with Crippen LogP contribution in [0.25, 0.3) is 0 Å². The predicted octanol–water partition coefficient (Wildman–Crippen LogP) is 2.02. The number of carbonyl (C=O) groups is 2. The molecule has 0 bridgehead atoms. The van der Waals surface area contributed by atoms with Crippen molar-refractivity contribution in [2.45, 2.75) is 0 Å². The summed E-state index contributed by atoms with van der Waals surface area (Å²) in [7, 11) is 1.73. The van der Waals surface area contributed by atoms with Crippen LogP contribution in [-0.4, -0.2) is 48.3 Å². The summed E-state index contributed by atoms with van der Waals surface area (Å²) in [6, 6.07) is 5.11. The molecule has 1 aliphatic heterocycles. The first-order valence-corrected chi connectivity index (χ1v) is 6.64. The van der Waals surface area contributed by atoms with E-state index in [4.69, 9.17) is 11.6 Å². The van der Waals surface area contributed by atoms with E-state index in [2.05, 4.69) is 15.9 Å². The molecule has 0 aromatic heterocycles. The third-order valence-corrected chi connectivity index (χ3v) is 3.73. The Hall–Kier alpha value is -1.07. The van der Waals surface area contributed by atoms with Gasteiger partial charge >= 0.3 is 0 Å². The van der Waals surface area contributed by atoms with Crippen LogP contribution in [0.2, 0.25) is 5.02 Å². The summed E-state index contributed by atoms with van der Waals surface area (Å²) in [6.07, 6.45) is 0. The number of likely N-dealkylation sites (N-methyl/N-ethyl adjacent to an activating group) is 1. The molecule has 4 nitrogen and oxygen atoms in total. The standard InChI is InChI=1S/C12H12BrClN2O2/c1-15-4-5-16(7-11(15)17)12(18)9-6-8(13)2-3-10(9)14/h2-3,6H,4-5,7H2,1H3. The normalized spacial score (nSPS) is 16.1. The molecule has 18 heavy (non-hydrogen) atoms. The van der Waals surface area contributed by atoms with Gasteiger partial charge in [-0.1, -0.05) is 27.5 Å². The topological polar surface area (TPSA) is 40.6 Å². The van der Waals surface area contributed by atoms with E-state index in [1.807, 2.05) is 0 Å². The highest BCUT2D eigenvalue weighted by atomic mass is 79.9. The second kappa shape index (κ2) is 5.28. The Morgan fingerprint density at radius 2 is 2.11 bits per heavy atom. The fraction of sp³-hybridized carbons (Fsp3) is 0.333. The largest absolute Gasteiger partial charge is 0.342 e. The Labute approximate surface area is 119 Å². The number of nitrogens with zero attached hydrogens (tertiary/aromatic N) is 2. The molecule has 96 valence electrons. The molecule has 1 aromatic rings. The maximum atomic E-state index is 12.3. The smallest absolute Gasteiger partial charge is 0.255 e. The van der Waals surface area contributed by atoms with Gasteiger partial charge in [-0.15, -0.1) is 0 Å². The van der Waals surface area contributed by atoms with Crippen molar-refractivity contribution in [2.75, 3.05) is 26.7 Å². The average Bonchev–Trinajstić information content (AvgIpc) is 2.35. The average molecular weight is 332 g/mol. The van der Waals surface area contributed by atoms with Crippen LogP contribution in [0.5, 0.6) is 0 Å². The summed E-state index contributed by atoms with van der Waals surface area (Å²) in [5.41, 5.74) is 0.420. The van der Waals surface area contributed by atoms with Gasteiger partial charge in [0.25, 0.3) is 5.91 Å². The van der Waals surface area contributed by atoms with Crippen molar-refractivity contribution in [3.05, 3.63) is 33.3 Å². The Morgan fingerprint density at radius 3 is 2.78 bits per heavy atom. The minimum Gasteiger partial charge on any atom is -0.342 e. The third-order valence-electron chi connectivity index (χ3n) is 2.90. The first-order chi connectivity index (χ1) is 8.49. The molecule has 0 saturated carbocycles. The zero-order valence-electron chi connectivity index (χ0n) is 9.82. The van der Waals surface area contributed by atoms with Crippen LogP contribution in [-0.2, 0) is 4.79 Å². The molecule has 0 unspecified atom stereocenters. The lowest BCUT2D eigenvalue weighted by molar-refractivity contribution is -0.133. The molecular weight excluding hydrogens is 320 g/mol. The number of hydrogen-bond acceptors (Lipinski definition) is 2. The van der Waals surface area contributed by atoms with Gasteiger partial charge in [0.15, 0.2) is 0 Å². The van der Waals surface area contributed by atoms with Crippen molar-refractivity contribution in [3.63, 3.8) is 0 Å². The van der Waals surface area contributed by atoms with E-state index in [9.17, 15) is 9.59 Å². The van der Waals surface area contributed by atoms with E-state index in [1.54, 1.807) is 30.1 Å². The maximum absolute atomic E-state index is 12.3. The third kappa shape index (κ3) is 2.67. The molecule has 6 heteroatoms. The molecule has 1 aliphatic rings. The molecule has 0 N–H and O–H groups in total. The van der Waals surface area contributed by atoms with E-state index >= 15 is 0 Å². The minimum absolute atomic E-state index is 0.0549. The number of benzene rings is 1. The monoisotopic (exact) mass is 330 g/mol. The van der Waals surface area contributed by atoms with Gasteiger partial charge in [-0.05, 0) is 18.2 Å². The van der Waals surface area contributed by atoms with Gasteiger partial charge < -0.3 is 9.80 Å². The Bertz CT molecular complexity index is 507. The van der Waals surface area contributed by atoms with E-state index in [0.717, 1.165) is 4.47 Å². The molecule has 1 fully saturated rings. The highest BCUT2D eigenvalue weighted by Gasteiger charge is 2.26. The van der Waals surface area contributed by atoms with Crippen LogP contribution in [0.4, 0.5) is 0 Å². The van der Waals surface area contributed by atoms with Gasteiger partial charge in [-0.3, -0.25) is 9.59 Å². The molecular formula is C12H12BrClN2O2. The zero-order valence-corrected chi connectivity index (χ0v) is 12.2. The lowest BCUT2D eigenvalue weighted by atomic mass is 10.2. The molecule has 2 rings (SSSR count). The van der Waals surface area contributed by atoms with E-state index in [0.29, 0.717) is 23.7 Å². The Balaban J connectivity index is 2.21. The van der Waals surface area contributed by atoms with Crippen molar-refractivity contribution in [1.82, 2.24) is 9.80 Å². The van der Waals surface area contributed by atoms with Crippen LogP contribution in [0.1, 0.15) is 10.4 Å². The molecule has 0 atom stereocenters. The molecule has 0 radical (unpaired) electrons. The van der Waals surface area contributed by atoms with Gasteiger partial charge in [0, 0.05) is 24.6 Å². The second-order valence-corrected chi connectivity index (χ2v) is 5.49. The first-order valence-electron chi connectivity index (χ1n) is 5.47. The number of rotatable bonds is 1. The summed E-state index contributed by atoms with van der Waals surface area (Å²) >= 11 is 9.32. The molecule has 1 aromatic carbocycles. The highest BCUT2D eigenvalue weighted by molar-refractivity contribution is 9.10. The second-order valence-electron chi connectivity index (χ2n) is 4.17. The zero-order chi connectivity index (χ0) is 13.3. The fourth-order valence-electron chi connectivity index (χ4n) is 1.76. The van der Waals surface area contributed by atoms with Crippen molar-refractivity contribution in [3.8, 4) is 0 Å². The quantitative estimate of drug-likeness (QED) is 0.790. The van der Waals surface area contributed by atoms with Crippen LogP contribution in [0, 0.1) is 0 Å². The van der Waals surface area contributed by atoms with Crippen LogP contribution < -0.4 is 0 Å². The maximum Gasteiger partial charge on any atom is 0.255 e. The van der Waals surface area contributed by atoms with E-state index < -0.39 is 0 Å².